The lowest BCUT2D eigenvalue weighted by Gasteiger charge is -2.10. The van der Waals surface area contributed by atoms with E-state index in [0.29, 0.717) is 10.8 Å². The molecule has 1 aromatic rings. The molecule has 0 heterocycles. The van der Waals surface area contributed by atoms with Gasteiger partial charge in [0.2, 0.25) is 5.04 Å². The highest BCUT2D eigenvalue weighted by molar-refractivity contribution is 8.15. The molecule has 1 amide bonds. The molecule has 0 bridgehead atoms. The third-order valence-electron chi connectivity index (χ3n) is 1.97. The number of halogens is 1. The minimum absolute atomic E-state index is 0.0740. The number of hydrogen-bond donors (Lipinski definition) is 1. The Morgan fingerprint density at radius 2 is 2.00 bits per heavy atom. The fourth-order valence-corrected chi connectivity index (χ4v) is 2.04. The summed E-state index contributed by atoms with van der Waals surface area (Å²) in [6.07, 6.45) is 0. The summed E-state index contributed by atoms with van der Waals surface area (Å²) in [5.41, 5.74) is 1.01. The Bertz CT molecular complexity index is 418. The van der Waals surface area contributed by atoms with Crippen LogP contribution in [0.2, 0.25) is 5.02 Å². The first kappa shape index (κ1) is 13.9. The van der Waals surface area contributed by atoms with Crippen LogP contribution in [-0.4, -0.2) is 35.2 Å². The van der Waals surface area contributed by atoms with Gasteiger partial charge in [-0.15, -0.1) is 0 Å². The lowest BCUT2D eigenvalue weighted by atomic mass is 10.2. The van der Waals surface area contributed by atoms with Gasteiger partial charge in [-0.1, -0.05) is 40.7 Å². The zero-order valence-corrected chi connectivity index (χ0v) is 11.1. The number of hydrogen-bond acceptors (Lipinski definition) is 4. The third kappa shape index (κ3) is 4.28. The topological polar surface area (TPSA) is 52.9 Å². The Kier molecular flexibility index (Phi) is 5.31. The summed E-state index contributed by atoms with van der Waals surface area (Å²) in [5.74, 6) is 0.238. The Hall–Kier alpha value is -1.20. The minimum atomic E-state index is -0.313. The van der Waals surface area contributed by atoms with Crippen molar-refractivity contribution < 1.29 is 10.0 Å². The van der Waals surface area contributed by atoms with E-state index >= 15 is 0 Å². The van der Waals surface area contributed by atoms with Crippen LogP contribution in [0.4, 0.5) is 0 Å². The first-order chi connectivity index (χ1) is 8.04. The number of nitrogens with zero attached hydrogens (tertiary/aromatic N) is 2. The Labute approximate surface area is 109 Å². The average molecular weight is 273 g/mol. The monoisotopic (exact) mass is 272 g/mol. The van der Waals surface area contributed by atoms with Gasteiger partial charge in [0, 0.05) is 24.9 Å². The van der Waals surface area contributed by atoms with Gasteiger partial charge in [0.05, 0.1) is 0 Å². The second-order valence-corrected chi connectivity index (χ2v) is 4.92. The lowest BCUT2D eigenvalue weighted by molar-refractivity contribution is -0.121. The first-order valence-electron chi connectivity index (χ1n) is 4.85. The molecule has 0 aliphatic rings. The molecule has 0 aromatic heterocycles. The normalized spacial score (nSPS) is 11.4. The van der Waals surface area contributed by atoms with E-state index in [4.69, 9.17) is 16.8 Å². The fourth-order valence-electron chi connectivity index (χ4n) is 1.06. The highest BCUT2D eigenvalue weighted by atomic mass is 35.5. The maximum Gasteiger partial charge on any atom is 0.282 e. The van der Waals surface area contributed by atoms with Gasteiger partial charge in [-0.05, 0) is 17.7 Å². The number of thioether (sulfide) groups is 1. The molecule has 0 atom stereocenters. The SMILES string of the molecule is CN(C)C(=O)/C(=N\O)SCc1ccc(Cl)cc1. The van der Waals surface area contributed by atoms with Gasteiger partial charge in [-0.25, -0.2) is 0 Å². The Morgan fingerprint density at radius 3 is 2.47 bits per heavy atom. The van der Waals surface area contributed by atoms with Gasteiger partial charge in [0.1, 0.15) is 0 Å². The van der Waals surface area contributed by atoms with Gasteiger partial charge in [0.25, 0.3) is 5.91 Å². The molecule has 92 valence electrons. The number of amides is 1. The van der Waals surface area contributed by atoms with Gasteiger partial charge in [0.15, 0.2) is 0 Å². The standard InChI is InChI=1S/C11H13ClN2O2S/c1-14(2)11(15)10(13-16)17-7-8-3-5-9(12)6-4-8/h3-6,16H,7H2,1-2H3/b13-10+. The quantitative estimate of drug-likeness (QED) is 0.389. The molecule has 0 fully saturated rings. The molecular weight excluding hydrogens is 260 g/mol. The molecular formula is C11H13ClN2O2S. The zero-order chi connectivity index (χ0) is 12.8. The van der Waals surface area contributed by atoms with E-state index in [1.54, 1.807) is 26.2 Å². The minimum Gasteiger partial charge on any atom is -0.410 e. The van der Waals surface area contributed by atoms with Crippen molar-refractivity contribution in [2.75, 3.05) is 14.1 Å². The molecule has 1 rings (SSSR count). The summed E-state index contributed by atoms with van der Waals surface area (Å²) < 4.78 is 0. The second kappa shape index (κ2) is 6.51. The van der Waals surface area contributed by atoms with Crippen LogP contribution < -0.4 is 0 Å². The van der Waals surface area contributed by atoms with Gasteiger partial charge in [-0.2, -0.15) is 0 Å². The lowest BCUT2D eigenvalue weighted by Crippen LogP contribution is -2.28. The molecule has 0 radical (unpaired) electrons. The second-order valence-electron chi connectivity index (χ2n) is 3.52. The number of benzene rings is 1. The van der Waals surface area contributed by atoms with E-state index in [9.17, 15) is 4.79 Å². The summed E-state index contributed by atoms with van der Waals surface area (Å²) in [6.45, 7) is 0. The van der Waals surface area contributed by atoms with Crippen molar-refractivity contribution in [2.45, 2.75) is 5.75 Å². The largest absolute Gasteiger partial charge is 0.410 e. The summed E-state index contributed by atoms with van der Waals surface area (Å²) in [7, 11) is 3.22. The average Bonchev–Trinajstić information content (AvgIpc) is 2.31. The molecule has 6 heteroatoms. The van der Waals surface area contributed by atoms with E-state index in [0.717, 1.165) is 5.56 Å². The summed E-state index contributed by atoms with van der Waals surface area (Å²) in [6, 6.07) is 7.29. The van der Waals surface area contributed by atoms with Crippen LogP contribution in [-0.2, 0) is 10.5 Å². The predicted molar refractivity (Wildman–Crippen MR) is 70.7 cm³/mol. The van der Waals surface area contributed by atoms with E-state index in [2.05, 4.69) is 5.16 Å². The fraction of sp³-hybridized carbons (Fsp3) is 0.273. The number of carbonyl (C=O) groups is 1. The van der Waals surface area contributed by atoms with Crippen LogP contribution >= 0.6 is 23.4 Å². The van der Waals surface area contributed by atoms with Crippen LogP contribution in [0.3, 0.4) is 0 Å². The van der Waals surface area contributed by atoms with Crippen molar-refractivity contribution in [1.29, 1.82) is 0 Å². The van der Waals surface area contributed by atoms with E-state index in [-0.39, 0.29) is 11.0 Å². The summed E-state index contributed by atoms with van der Waals surface area (Å²) >= 11 is 6.94. The Morgan fingerprint density at radius 1 is 1.41 bits per heavy atom. The molecule has 1 N–H and O–H groups in total. The van der Waals surface area contributed by atoms with Crippen LogP contribution in [0.15, 0.2) is 29.4 Å². The highest BCUT2D eigenvalue weighted by Crippen LogP contribution is 2.17. The molecule has 1 aromatic carbocycles. The van der Waals surface area contributed by atoms with Crippen molar-refractivity contribution in [1.82, 2.24) is 4.90 Å². The Balaban J connectivity index is 2.60. The maximum absolute atomic E-state index is 11.5. The van der Waals surface area contributed by atoms with Crippen LogP contribution in [0, 0.1) is 0 Å². The molecule has 0 saturated carbocycles. The van der Waals surface area contributed by atoms with Crippen LogP contribution in [0.5, 0.6) is 0 Å². The van der Waals surface area contributed by atoms with Crippen molar-refractivity contribution in [3.8, 4) is 0 Å². The molecule has 0 saturated heterocycles. The van der Waals surface area contributed by atoms with Crippen molar-refractivity contribution >= 4 is 34.3 Å². The van der Waals surface area contributed by atoms with Gasteiger partial charge in [-0.3, -0.25) is 4.79 Å². The highest BCUT2D eigenvalue weighted by Gasteiger charge is 2.14. The van der Waals surface area contributed by atoms with Crippen LogP contribution in [0.1, 0.15) is 5.56 Å². The molecule has 0 aliphatic heterocycles. The number of rotatable bonds is 2. The smallest absolute Gasteiger partial charge is 0.282 e. The van der Waals surface area contributed by atoms with Crippen LogP contribution in [0.25, 0.3) is 0 Å². The first-order valence-corrected chi connectivity index (χ1v) is 6.22. The van der Waals surface area contributed by atoms with E-state index in [1.165, 1.54) is 16.7 Å². The van der Waals surface area contributed by atoms with Crippen molar-refractivity contribution in [3.63, 3.8) is 0 Å². The molecule has 4 nitrogen and oxygen atoms in total. The molecule has 17 heavy (non-hydrogen) atoms. The van der Waals surface area contributed by atoms with Crippen molar-refractivity contribution in [2.24, 2.45) is 5.16 Å². The van der Waals surface area contributed by atoms with Crippen molar-refractivity contribution in [3.05, 3.63) is 34.9 Å². The summed E-state index contributed by atoms with van der Waals surface area (Å²) in [4.78, 5) is 12.9. The molecule has 0 unspecified atom stereocenters. The predicted octanol–water partition coefficient (Wildman–Crippen LogP) is 2.45. The maximum atomic E-state index is 11.5. The van der Waals surface area contributed by atoms with Gasteiger partial charge < -0.3 is 10.1 Å². The summed E-state index contributed by atoms with van der Waals surface area (Å²) in [5, 5.41) is 12.5. The molecule has 0 aliphatic carbocycles. The van der Waals surface area contributed by atoms with E-state index < -0.39 is 0 Å². The molecule has 0 spiro atoms. The number of oxime groups is 1. The van der Waals surface area contributed by atoms with Gasteiger partial charge >= 0.3 is 0 Å². The zero-order valence-electron chi connectivity index (χ0n) is 9.55. The third-order valence-corrected chi connectivity index (χ3v) is 3.23. The van der Waals surface area contributed by atoms with E-state index in [1.807, 2.05) is 12.1 Å². The number of carbonyl (C=O) groups excluding carboxylic acids is 1.